The predicted molar refractivity (Wildman–Crippen MR) is 65.4 cm³/mol. The van der Waals surface area contributed by atoms with E-state index in [0.29, 0.717) is 5.69 Å². The van der Waals surface area contributed by atoms with Crippen molar-refractivity contribution < 1.29 is 18.7 Å². The minimum absolute atomic E-state index is 0.0284. The molecule has 0 atom stereocenters. The minimum Gasteiger partial charge on any atom is -0.477 e. The number of aromatic nitrogens is 1. The number of carbonyl (C=O) groups is 1. The van der Waals surface area contributed by atoms with E-state index in [2.05, 4.69) is 15.9 Å². The number of nitrogens with zero attached hydrogens (tertiary/aromatic N) is 1. The van der Waals surface area contributed by atoms with Crippen molar-refractivity contribution >= 4 is 21.9 Å². The van der Waals surface area contributed by atoms with Gasteiger partial charge in [0, 0.05) is 23.2 Å². The van der Waals surface area contributed by atoms with E-state index < -0.39 is 17.6 Å². The Kier molecular flexibility index (Phi) is 3.21. The largest absolute Gasteiger partial charge is 0.477 e. The van der Waals surface area contributed by atoms with Gasteiger partial charge in [0.15, 0.2) is 0 Å². The number of halogens is 3. The summed E-state index contributed by atoms with van der Waals surface area (Å²) in [5.41, 5.74) is 0.517. The molecule has 0 spiro atoms. The molecule has 2 aromatic rings. The van der Waals surface area contributed by atoms with Gasteiger partial charge in [-0.2, -0.15) is 0 Å². The Morgan fingerprint density at radius 2 is 2.00 bits per heavy atom. The van der Waals surface area contributed by atoms with E-state index in [1.807, 2.05) is 0 Å². The standard InChI is InChI=1S/C12H8BrF2NO2/c1-16-9(2-3-10(16)12(17)18)11-7(13)4-6(14)5-8(11)15/h2-5H,1H3,(H,17,18). The second-order valence-electron chi connectivity index (χ2n) is 3.71. The van der Waals surface area contributed by atoms with Gasteiger partial charge in [-0.1, -0.05) is 0 Å². The van der Waals surface area contributed by atoms with Crippen molar-refractivity contribution in [2.75, 3.05) is 0 Å². The summed E-state index contributed by atoms with van der Waals surface area (Å²) < 4.78 is 28.3. The maximum Gasteiger partial charge on any atom is 0.352 e. The lowest BCUT2D eigenvalue weighted by atomic mass is 10.1. The van der Waals surface area contributed by atoms with Gasteiger partial charge < -0.3 is 9.67 Å². The number of hydrogen-bond acceptors (Lipinski definition) is 1. The highest BCUT2D eigenvalue weighted by Gasteiger charge is 2.18. The van der Waals surface area contributed by atoms with Crippen LogP contribution in [0.1, 0.15) is 10.5 Å². The van der Waals surface area contributed by atoms with Crippen LogP contribution in [0.15, 0.2) is 28.7 Å². The summed E-state index contributed by atoms with van der Waals surface area (Å²) in [7, 11) is 1.51. The molecular formula is C12H8BrF2NO2. The molecule has 1 N–H and O–H groups in total. The molecule has 0 unspecified atom stereocenters. The van der Waals surface area contributed by atoms with Crippen LogP contribution in [0, 0.1) is 11.6 Å². The van der Waals surface area contributed by atoms with Crippen molar-refractivity contribution in [1.29, 1.82) is 0 Å². The number of carboxylic acids is 1. The maximum atomic E-state index is 13.8. The zero-order valence-electron chi connectivity index (χ0n) is 9.25. The van der Waals surface area contributed by atoms with Crippen LogP contribution in [0.2, 0.25) is 0 Å². The third-order valence-electron chi connectivity index (χ3n) is 2.60. The van der Waals surface area contributed by atoms with Crippen molar-refractivity contribution in [3.63, 3.8) is 0 Å². The lowest BCUT2D eigenvalue weighted by Gasteiger charge is -2.09. The van der Waals surface area contributed by atoms with Crippen molar-refractivity contribution in [2.24, 2.45) is 7.05 Å². The van der Waals surface area contributed by atoms with E-state index in [9.17, 15) is 13.6 Å². The van der Waals surface area contributed by atoms with Crippen LogP contribution in [0.3, 0.4) is 0 Å². The second-order valence-corrected chi connectivity index (χ2v) is 4.57. The Labute approximate surface area is 110 Å². The van der Waals surface area contributed by atoms with Gasteiger partial charge in [-0.25, -0.2) is 13.6 Å². The minimum atomic E-state index is -1.11. The van der Waals surface area contributed by atoms with E-state index in [1.165, 1.54) is 23.7 Å². The summed E-state index contributed by atoms with van der Waals surface area (Å²) in [6.07, 6.45) is 0. The van der Waals surface area contributed by atoms with Crippen LogP contribution in [-0.2, 0) is 7.05 Å². The Bertz CT molecular complexity index is 614. The Morgan fingerprint density at radius 3 is 2.50 bits per heavy atom. The quantitative estimate of drug-likeness (QED) is 0.922. The lowest BCUT2D eigenvalue weighted by Crippen LogP contribution is -2.05. The maximum absolute atomic E-state index is 13.8. The fraction of sp³-hybridized carbons (Fsp3) is 0.0833. The topological polar surface area (TPSA) is 42.2 Å². The monoisotopic (exact) mass is 315 g/mol. The number of benzene rings is 1. The first-order valence-electron chi connectivity index (χ1n) is 4.95. The van der Waals surface area contributed by atoms with Crippen LogP contribution in [0.4, 0.5) is 8.78 Å². The average Bonchev–Trinajstić information content (AvgIpc) is 2.59. The molecule has 0 bridgehead atoms. The molecule has 0 fully saturated rings. The molecule has 0 saturated heterocycles. The van der Waals surface area contributed by atoms with Gasteiger partial charge in [0.2, 0.25) is 0 Å². The zero-order chi connectivity index (χ0) is 13.4. The second kappa shape index (κ2) is 4.53. The van der Waals surface area contributed by atoms with Gasteiger partial charge >= 0.3 is 5.97 Å². The summed E-state index contributed by atoms with van der Waals surface area (Å²) in [5, 5.41) is 8.92. The molecule has 94 valence electrons. The van der Waals surface area contributed by atoms with Crippen molar-refractivity contribution in [3.8, 4) is 11.3 Å². The molecule has 0 aliphatic rings. The highest BCUT2D eigenvalue weighted by Crippen LogP contribution is 2.32. The van der Waals surface area contributed by atoms with Crippen LogP contribution >= 0.6 is 15.9 Å². The lowest BCUT2D eigenvalue weighted by molar-refractivity contribution is 0.0686. The van der Waals surface area contributed by atoms with Crippen molar-refractivity contribution in [3.05, 3.63) is 46.1 Å². The molecule has 0 saturated carbocycles. The average molecular weight is 316 g/mol. The van der Waals surface area contributed by atoms with Gasteiger partial charge in [0.25, 0.3) is 0 Å². The summed E-state index contributed by atoms with van der Waals surface area (Å²) in [4.78, 5) is 10.9. The Balaban J connectivity index is 2.67. The molecule has 3 nitrogen and oxygen atoms in total. The van der Waals surface area contributed by atoms with E-state index >= 15 is 0 Å². The Morgan fingerprint density at radius 1 is 1.33 bits per heavy atom. The summed E-state index contributed by atoms with van der Waals surface area (Å²) in [6.45, 7) is 0. The molecule has 18 heavy (non-hydrogen) atoms. The van der Waals surface area contributed by atoms with Crippen LogP contribution in [0.25, 0.3) is 11.3 Å². The van der Waals surface area contributed by atoms with Crippen LogP contribution in [-0.4, -0.2) is 15.6 Å². The summed E-state index contributed by atoms with van der Waals surface area (Å²) in [6, 6.07) is 4.73. The molecule has 1 aromatic carbocycles. The molecule has 0 amide bonds. The molecule has 0 aliphatic heterocycles. The first kappa shape index (κ1) is 12.8. The predicted octanol–water partition coefficient (Wildman–Crippen LogP) is 3.43. The Hall–Kier alpha value is -1.69. The zero-order valence-corrected chi connectivity index (χ0v) is 10.8. The number of aromatic carboxylic acids is 1. The molecule has 0 aliphatic carbocycles. The number of hydrogen-bond donors (Lipinski definition) is 1. The van der Waals surface area contributed by atoms with Crippen molar-refractivity contribution in [2.45, 2.75) is 0 Å². The number of rotatable bonds is 2. The highest BCUT2D eigenvalue weighted by atomic mass is 79.9. The smallest absolute Gasteiger partial charge is 0.352 e. The van der Waals surface area contributed by atoms with Gasteiger partial charge in [-0.05, 0) is 34.1 Å². The first-order valence-corrected chi connectivity index (χ1v) is 5.75. The van der Waals surface area contributed by atoms with E-state index in [4.69, 9.17) is 5.11 Å². The molecule has 1 aromatic heterocycles. The fourth-order valence-corrected chi connectivity index (χ4v) is 2.38. The van der Waals surface area contributed by atoms with Crippen molar-refractivity contribution in [1.82, 2.24) is 4.57 Å². The summed E-state index contributed by atoms with van der Waals surface area (Å²) in [5.74, 6) is -2.56. The molecular weight excluding hydrogens is 308 g/mol. The SMILES string of the molecule is Cn1c(C(=O)O)ccc1-c1c(F)cc(F)cc1Br. The van der Waals surface area contributed by atoms with E-state index in [0.717, 1.165) is 12.1 Å². The van der Waals surface area contributed by atoms with Gasteiger partial charge in [-0.3, -0.25) is 0 Å². The highest BCUT2D eigenvalue weighted by molar-refractivity contribution is 9.10. The van der Waals surface area contributed by atoms with Gasteiger partial charge in [0.1, 0.15) is 17.3 Å². The van der Waals surface area contributed by atoms with Crippen LogP contribution < -0.4 is 0 Å². The third-order valence-corrected chi connectivity index (χ3v) is 3.23. The van der Waals surface area contributed by atoms with E-state index in [1.54, 1.807) is 0 Å². The first-order chi connectivity index (χ1) is 8.41. The molecule has 0 radical (unpaired) electrons. The normalized spacial score (nSPS) is 10.7. The van der Waals surface area contributed by atoms with E-state index in [-0.39, 0.29) is 15.7 Å². The third kappa shape index (κ3) is 2.03. The number of carboxylic acid groups (broad SMARTS) is 1. The molecule has 6 heteroatoms. The fourth-order valence-electron chi connectivity index (χ4n) is 1.76. The molecule has 1 heterocycles. The van der Waals surface area contributed by atoms with Gasteiger partial charge in [-0.15, -0.1) is 0 Å². The molecule has 2 rings (SSSR count). The van der Waals surface area contributed by atoms with Gasteiger partial charge in [0.05, 0.1) is 5.69 Å². The summed E-state index contributed by atoms with van der Waals surface area (Å²) >= 11 is 3.07. The van der Waals surface area contributed by atoms with Crippen LogP contribution in [0.5, 0.6) is 0 Å².